The van der Waals surface area contributed by atoms with Gasteiger partial charge in [-0.1, -0.05) is 13.3 Å². The van der Waals surface area contributed by atoms with Gasteiger partial charge in [0.25, 0.3) is 0 Å². The first-order valence-corrected chi connectivity index (χ1v) is 9.67. The Morgan fingerprint density at radius 3 is 2.55 bits per heavy atom. The van der Waals surface area contributed by atoms with Crippen LogP contribution in [0.15, 0.2) is 0 Å². The second-order valence-corrected chi connectivity index (χ2v) is 8.01. The zero-order valence-corrected chi connectivity index (χ0v) is 13.4. The number of nitrogens with zero attached hydrogens (tertiary/aromatic N) is 1. The minimum absolute atomic E-state index is 0.142. The van der Waals surface area contributed by atoms with E-state index in [0.717, 1.165) is 51.9 Å². The van der Waals surface area contributed by atoms with E-state index in [-0.39, 0.29) is 11.8 Å². The molecule has 0 radical (unpaired) electrons. The van der Waals surface area contributed by atoms with Crippen molar-refractivity contribution >= 4 is 10.0 Å². The Balaban J connectivity index is 1.69. The van der Waals surface area contributed by atoms with Crippen LogP contribution in [-0.4, -0.2) is 57.8 Å². The summed E-state index contributed by atoms with van der Waals surface area (Å²) in [5.41, 5.74) is 0. The fourth-order valence-corrected chi connectivity index (χ4v) is 4.56. The van der Waals surface area contributed by atoms with Crippen molar-refractivity contribution in [3.8, 4) is 0 Å². The lowest BCUT2D eigenvalue weighted by Crippen LogP contribution is -2.44. The molecule has 2 aliphatic rings. The van der Waals surface area contributed by atoms with Crippen LogP contribution < -0.4 is 10.0 Å². The number of nitrogens with one attached hydrogen (secondary N) is 2. The summed E-state index contributed by atoms with van der Waals surface area (Å²) in [7, 11) is -3.13. The standard InChI is InChI=1S/C14H29N3O2S/c1-2-17-9-6-13(7-10-17)11-16-20(18,19)12-14-5-3-4-8-15-14/h13-16H,2-12H2,1H3. The highest BCUT2D eigenvalue weighted by Crippen LogP contribution is 2.16. The maximum Gasteiger partial charge on any atom is 0.213 e. The molecular weight excluding hydrogens is 274 g/mol. The number of rotatable bonds is 6. The Labute approximate surface area is 123 Å². The van der Waals surface area contributed by atoms with Crippen molar-refractivity contribution in [1.82, 2.24) is 14.9 Å². The summed E-state index contributed by atoms with van der Waals surface area (Å²) < 4.78 is 27.0. The number of hydrogen-bond donors (Lipinski definition) is 2. The number of sulfonamides is 1. The van der Waals surface area contributed by atoms with Crippen molar-refractivity contribution in [3.63, 3.8) is 0 Å². The molecule has 1 unspecified atom stereocenters. The van der Waals surface area contributed by atoms with E-state index < -0.39 is 10.0 Å². The van der Waals surface area contributed by atoms with Crippen LogP contribution in [0.3, 0.4) is 0 Å². The van der Waals surface area contributed by atoms with E-state index >= 15 is 0 Å². The maximum atomic E-state index is 12.1. The monoisotopic (exact) mass is 303 g/mol. The fourth-order valence-electron chi connectivity index (χ4n) is 3.14. The lowest BCUT2D eigenvalue weighted by Gasteiger charge is -2.31. The molecule has 0 bridgehead atoms. The number of hydrogen-bond acceptors (Lipinski definition) is 4. The van der Waals surface area contributed by atoms with Gasteiger partial charge in [-0.2, -0.15) is 0 Å². The number of piperidine rings is 2. The summed E-state index contributed by atoms with van der Waals surface area (Å²) in [6.45, 7) is 7.06. The molecule has 0 aromatic carbocycles. The molecule has 5 nitrogen and oxygen atoms in total. The molecule has 2 saturated heterocycles. The van der Waals surface area contributed by atoms with Crippen molar-refractivity contribution in [3.05, 3.63) is 0 Å². The molecule has 2 rings (SSSR count). The van der Waals surface area contributed by atoms with Crippen LogP contribution in [0.5, 0.6) is 0 Å². The molecular formula is C14H29N3O2S. The molecule has 0 aliphatic carbocycles. The first kappa shape index (κ1) is 16.2. The smallest absolute Gasteiger partial charge is 0.213 e. The van der Waals surface area contributed by atoms with Crippen LogP contribution in [0.1, 0.15) is 39.0 Å². The van der Waals surface area contributed by atoms with E-state index in [9.17, 15) is 8.42 Å². The minimum atomic E-state index is -3.13. The summed E-state index contributed by atoms with van der Waals surface area (Å²) in [6.07, 6.45) is 5.51. The maximum absolute atomic E-state index is 12.1. The molecule has 2 N–H and O–H groups in total. The predicted octanol–water partition coefficient (Wildman–Crippen LogP) is 0.780. The van der Waals surface area contributed by atoms with Gasteiger partial charge >= 0.3 is 0 Å². The van der Waals surface area contributed by atoms with Gasteiger partial charge in [0.05, 0.1) is 5.75 Å². The van der Waals surface area contributed by atoms with E-state index in [4.69, 9.17) is 0 Å². The zero-order valence-electron chi connectivity index (χ0n) is 12.6. The summed E-state index contributed by atoms with van der Waals surface area (Å²) >= 11 is 0. The summed E-state index contributed by atoms with van der Waals surface area (Å²) in [4.78, 5) is 2.43. The summed E-state index contributed by atoms with van der Waals surface area (Å²) in [5.74, 6) is 0.743. The van der Waals surface area contributed by atoms with E-state index in [1.54, 1.807) is 0 Å². The highest BCUT2D eigenvalue weighted by molar-refractivity contribution is 7.89. The Morgan fingerprint density at radius 2 is 1.95 bits per heavy atom. The second-order valence-electron chi connectivity index (χ2n) is 6.15. The SMILES string of the molecule is CCN1CCC(CNS(=O)(=O)CC2CCCCN2)CC1. The summed E-state index contributed by atoms with van der Waals surface area (Å²) in [6, 6.07) is 0.142. The minimum Gasteiger partial charge on any atom is -0.313 e. The Morgan fingerprint density at radius 1 is 1.20 bits per heavy atom. The van der Waals surface area contributed by atoms with Gasteiger partial charge in [-0.15, -0.1) is 0 Å². The van der Waals surface area contributed by atoms with Gasteiger partial charge in [0, 0.05) is 12.6 Å². The Bertz CT molecular complexity index is 372. The van der Waals surface area contributed by atoms with Crippen LogP contribution in [-0.2, 0) is 10.0 Å². The molecule has 20 heavy (non-hydrogen) atoms. The van der Waals surface area contributed by atoms with E-state index in [1.807, 2.05) is 0 Å². The lowest BCUT2D eigenvalue weighted by atomic mass is 9.97. The lowest BCUT2D eigenvalue weighted by molar-refractivity contribution is 0.193. The van der Waals surface area contributed by atoms with Crippen LogP contribution in [0.25, 0.3) is 0 Å². The fraction of sp³-hybridized carbons (Fsp3) is 1.00. The first-order valence-electron chi connectivity index (χ1n) is 8.02. The molecule has 0 aromatic rings. The van der Waals surface area contributed by atoms with Crippen LogP contribution in [0, 0.1) is 5.92 Å². The van der Waals surface area contributed by atoms with Gasteiger partial charge < -0.3 is 10.2 Å². The van der Waals surface area contributed by atoms with Gasteiger partial charge in [0.1, 0.15) is 0 Å². The van der Waals surface area contributed by atoms with E-state index in [1.165, 1.54) is 6.42 Å². The Kier molecular flexibility index (Phi) is 6.26. The number of likely N-dealkylation sites (tertiary alicyclic amines) is 1. The molecule has 0 aromatic heterocycles. The van der Waals surface area contributed by atoms with Crippen LogP contribution in [0.2, 0.25) is 0 Å². The average Bonchev–Trinajstić information content (AvgIpc) is 2.46. The molecule has 0 spiro atoms. The predicted molar refractivity (Wildman–Crippen MR) is 82.3 cm³/mol. The highest BCUT2D eigenvalue weighted by atomic mass is 32.2. The second kappa shape index (κ2) is 7.73. The average molecular weight is 303 g/mol. The molecule has 1 atom stereocenters. The van der Waals surface area contributed by atoms with Crippen LogP contribution >= 0.6 is 0 Å². The van der Waals surface area contributed by atoms with Crippen LogP contribution in [0.4, 0.5) is 0 Å². The molecule has 2 aliphatic heterocycles. The largest absolute Gasteiger partial charge is 0.313 e. The Hall–Kier alpha value is -0.170. The van der Waals surface area contributed by atoms with E-state index in [0.29, 0.717) is 12.5 Å². The van der Waals surface area contributed by atoms with Gasteiger partial charge in [0.2, 0.25) is 10.0 Å². The van der Waals surface area contributed by atoms with Gasteiger partial charge in [-0.3, -0.25) is 0 Å². The highest BCUT2D eigenvalue weighted by Gasteiger charge is 2.23. The third kappa shape index (κ3) is 5.31. The molecule has 2 fully saturated rings. The van der Waals surface area contributed by atoms with Crippen molar-refractivity contribution in [2.75, 3.05) is 38.5 Å². The molecule has 2 heterocycles. The van der Waals surface area contributed by atoms with E-state index in [2.05, 4.69) is 21.9 Å². The third-order valence-corrected chi connectivity index (χ3v) is 6.03. The van der Waals surface area contributed by atoms with Gasteiger partial charge in [0.15, 0.2) is 0 Å². The molecule has 0 saturated carbocycles. The van der Waals surface area contributed by atoms with Crippen molar-refractivity contribution in [2.45, 2.75) is 45.1 Å². The van der Waals surface area contributed by atoms with Crippen molar-refractivity contribution in [2.24, 2.45) is 5.92 Å². The van der Waals surface area contributed by atoms with Gasteiger partial charge in [-0.05, 0) is 57.8 Å². The normalized spacial score (nSPS) is 26.8. The van der Waals surface area contributed by atoms with Crippen molar-refractivity contribution in [1.29, 1.82) is 0 Å². The van der Waals surface area contributed by atoms with Crippen molar-refractivity contribution < 1.29 is 8.42 Å². The molecule has 118 valence electrons. The topological polar surface area (TPSA) is 61.4 Å². The molecule has 0 amide bonds. The van der Waals surface area contributed by atoms with Gasteiger partial charge in [-0.25, -0.2) is 13.1 Å². The third-order valence-electron chi connectivity index (χ3n) is 4.58. The zero-order chi connectivity index (χ0) is 14.4. The molecule has 6 heteroatoms. The quantitative estimate of drug-likeness (QED) is 0.761. The summed E-state index contributed by atoms with van der Waals surface area (Å²) in [5, 5.41) is 3.30. The first-order chi connectivity index (χ1) is 9.59.